The molecule has 7 nitrogen and oxygen atoms in total. The zero-order valence-electron chi connectivity index (χ0n) is 16.1. The van der Waals surface area contributed by atoms with E-state index in [1.54, 1.807) is 0 Å². The summed E-state index contributed by atoms with van der Waals surface area (Å²) in [5, 5.41) is 8.03. The van der Waals surface area contributed by atoms with Gasteiger partial charge in [0.15, 0.2) is 0 Å². The lowest BCUT2D eigenvalue weighted by Gasteiger charge is -2.36. The molecule has 0 bridgehead atoms. The molecule has 0 aliphatic carbocycles. The molecule has 27 heavy (non-hydrogen) atoms. The number of rotatable bonds is 5. The predicted octanol–water partition coefficient (Wildman–Crippen LogP) is 3.22. The summed E-state index contributed by atoms with van der Waals surface area (Å²) in [6.45, 7) is 11.0. The molecule has 1 atom stereocenters. The highest BCUT2D eigenvalue weighted by Crippen LogP contribution is 2.24. The molecule has 3 heterocycles. The molecular weight excluding hydrogens is 342 g/mol. The average Bonchev–Trinajstić information content (AvgIpc) is 3.32. The number of piperazine rings is 1. The summed E-state index contributed by atoms with van der Waals surface area (Å²) >= 11 is 0. The van der Waals surface area contributed by atoms with Gasteiger partial charge in [-0.15, -0.1) is 0 Å². The van der Waals surface area contributed by atoms with Gasteiger partial charge >= 0.3 is 0 Å². The van der Waals surface area contributed by atoms with Crippen molar-refractivity contribution < 1.29 is 9.05 Å². The Morgan fingerprint density at radius 1 is 1.04 bits per heavy atom. The molecule has 0 radical (unpaired) electrons. The first-order valence-corrected chi connectivity index (χ1v) is 9.37. The van der Waals surface area contributed by atoms with Crippen molar-refractivity contribution in [1.82, 2.24) is 25.1 Å². The summed E-state index contributed by atoms with van der Waals surface area (Å²) in [5.41, 5.74) is 3.36. The van der Waals surface area contributed by atoms with Crippen LogP contribution in [0.1, 0.15) is 35.7 Å². The van der Waals surface area contributed by atoms with Crippen molar-refractivity contribution in [1.29, 1.82) is 0 Å². The van der Waals surface area contributed by atoms with E-state index in [4.69, 9.17) is 9.05 Å². The van der Waals surface area contributed by atoms with Crippen molar-refractivity contribution in [3.8, 4) is 11.4 Å². The quantitative estimate of drug-likeness (QED) is 0.685. The van der Waals surface area contributed by atoms with Crippen molar-refractivity contribution in [2.24, 2.45) is 0 Å². The van der Waals surface area contributed by atoms with Crippen LogP contribution in [0.3, 0.4) is 0 Å². The van der Waals surface area contributed by atoms with Gasteiger partial charge in [0.1, 0.15) is 5.76 Å². The summed E-state index contributed by atoms with van der Waals surface area (Å²) in [4.78, 5) is 9.44. The monoisotopic (exact) mass is 367 g/mol. The van der Waals surface area contributed by atoms with Crippen molar-refractivity contribution in [2.45, 2.75) is 33.4 Å². The minimum absolute atomic E-state index is 0.108. The van der Waals surface area contributed by atoms with E-state index in [1.807, 2.05) is 25.3 Å². The maximum absolute atomic E-state index is 5.56. The van der Waals surface area contributed by atoms with Crippen LogP contribution in [0.25, 0.3) is 11.4 Å². The Morgan fingerprint density at radius 2 is 1.78 bits per heavy atom. The number of aromatic nitrogens is 3. The standard InChI is InChI=1S/C20H25N5O2/c1-14-4-6-17(7-5-14)19-22-20(27-23-19)15(2)25-10-8-24(9-11-25)13-18-12-21-26-16(18)3/h4-7,12,15H,8-11,13H2,1-3H3. The molecule has 142 valence electrons. The van der Waals surface area contributed by atoms with Crippen LogP contribution in [0.4, 0.5) is 0 Å². The molecule has 0 spiro atoms. The molecule has 0 N–H and O–H groups in total. The summed E-state index contributed by atoms with van der Waals surface area (Å²) in [6.07, 6.45) is 1.81. The lowest BCUT2D eigenvalue weighted by Crippen LogP contribution is -2.46. The zero-order chi connectivity index (χ0) is 18.8. The van der Waals surface area contributed by atoms with Gasteiger partial charge in [0, 0.05) is 43.9 Å². The predicted molar refractivity (Wildman–Crippen MR) is 101 cm³/mol. The number of nitrogens with zero attached hydrogens (tertiary/aromatic N) is 5. The normalized spacial score (nSPS) is 17.3. The molecule has 1 aliphatic heterocycles. The molecule has 2 aromatic heterocycles. The number of benzene rings is 1. The van der Waals surface area contributed by atoms with Crippen molar-refractivity contribution >= 4 is 0 Å². The molecular formula is C20H25N5O2. The van der Waals surface area contributed by atoms with E-state index in [2.05, 4.69) is 51.1 Å². The molecule has 0 amide bonds. The van der Waals surface area contributed by atoms with Gasteiger partial charge in [0.05, 0.1) is 12.2 Å². The van der Waals surface area contributed by atoms with Gasteiger partial charge < -0.3 is 9.05 Å². The second-order valence-electron chi connectivity index (χ2n) is 7.22. The van der Waals surface area contributed by atoms with Crippen LogP contribution < -0.4 is 0 Å². The third-order valence-corrected chi connectivity index (χ3v) is 5.31. The number of hydrogen-bond donors (Lipinski definition) is 0. The Labute approximate surface area is 158 Å². The zero-order valence-corrected chi connectivity index (χ0v) is 16.1. The Kier molecular flexibility index (Phi) is 5.05. The maximum atomic E-state index is 5.56. The summed E-state index contributed by atoms with van der Waals surface area (Å²) < 4.78 is 10.7. The first-order valence-electron chi connectivity index (χ1n) is 9.37. The number of hydrogen-bond acceptors (Lipinski definition) is 7. The van der Waals surface area contributed by atoms with Crippen molar-refractivity contribution in [3.05, 3.63) is 53.2 Å². The van der Waals surface area contributed by atoms with Crippen LogP contribution >= 0.6 is 0 Å². The fourth-order valence-electron chi connectivity index (χ4n) is 3.40. The Bertz CT molecular complexity index is 878. The molecule has 0 saturated carbocycles. The first kappa shape index (κ1) is 17.9. The van der Waals surface area contributed by atoms with E-state index in [0.29, 0.717) is 11.7 Å². The highest BCUT2D eigenvalue weighted by molar-refractivity contribution is 5.54. The highest BCUT2D eigenvalue weighted by atomic mass is 16.5. The summed E-state index contributed by atoms with van der Waals surface area (Å²) in [6, 6.07) is 8.28. The molecule has 1 saturated heterocycles. The Balaban J connectivity index is 1.36. The lowest BCUT2D eigenvalue weighted by molar-refractivity contribution is 0.0843. The fraction of sp³-hybridized carbons (Fsp3) is 0.450. The number of aryl methyl sites for hydroxylation is 2. The topological polar surface area (TPSA) is 71.4 Å². The largest absolute Gasteiger partial charge is 0.361 e. The summed E-state index contributed by atoms with van der Waals surface area (Å²) in [7, 11) is 0. The maximum Gasteiger partial charge on any atom is 0.244 e. The van der Waals surface area contributed by atoms with Crippen LogP contribution in [0.2, 0.25) is 0 Å². The van der Waals surface area contributed by atoms with Gasteiger partial charge in [0.2, 0.25) is 11.7 Å². The van der Waals surface area contributed by atoms with Gasteiger partial charge in [-0.2, -0.15) is 4.98 Å². The molecule has 3 aromatic rings. The van der Waals surface area contributed by atoms with Crippen LogP contribution in [0.5, 0.6) is 0 Å². The van der Waals surface area contributed by atoms with Gasteiger partial charge in [0.25, 0.3) is 0 Å². The van der Waals surface area contributed by atoms with Crippen LogP contribution in [-0.2, 0) is 6.54 Å². The molecule has 1 aliphatic rings. The third kappa shape index (κ3) is 3.94. The van der Waals surface area contributed by atoms with E-state index in [-0.39, 0.29) is 6.04 Å². The van der Waals surface area contributed by atoms with Crippen molar-refractivity contribution in [3.63, 3.8) is 0 Å². The first-order chi connectivity index (χ1) is 13.1. The smallest absolute Gasteiger partial charge is 0.244 e. The van der Waals surface area contributed by atoms with E-state index >= 15 is 0 Å². The molecule has 7 heteroatoms. The summed E-state index contributed by atoms with van der Waals surface area (Å²) in [5.74, 6) is 2.23. The molecule has 4 rings (SSSR count). The lowest BCUT2D eigenvalue weighted by atomic mass is 10.1. The fourth-order valence-corrected chi connectivity index (χ4v) is 3.40. The van der Waals surface area contributed by atoms with Gasteiger partial charge in [-0.1, -0.05) is 40.1 Å². The van der Waals surface area contributed by atoms with Crippen LogP contribution in [0, 0.1) is 13.8 Å². The Hall–Kier alpha value is -2.51. The van der Waals surface area contributed by atoms with E-state index in [0.717, 1.165) is 49.6 Å². The minimum atomic E-state index is 0.108. The van der Waals surface area contributed by atoms with Crippen LogP contribution in [0.15, 0.2) is 39.5 Å². The second kappa shape index (κ2) is 7.62. The molecule has 1 aromatic carbocycles. The van der Waals surface area contributed by atoms with Crippen molar-refractivity contribution in [2.75, 3.05) is 26.2 Å². The van der Waals surface area contributed by atoms with E-state index < -0.39 is 0 Å². The van der Waals surface area contributed by atoms with Gasteiger partial charge in [-0.05, 0) is 20.8 Å². The van der Waals surface area contributed by atoms with E-state index in [1.165, 1.54) is 5.56 Å². The van der Waals surface area contributed by atoms with Crippen LogP contribution in [-0.4, -0.2) is 51.3 Å². The van der Waals surface area contributed by atoms with Gasteiger partial charge in [-0.25, -0.2) is 0 Å². The molecule has 1 unspecified atom stereocenters. The highest BCUT2D eigenvalue weighted by Gasteiger charge is 2.26. The SMILES string of the molecule is Cc1ccc(-c2noc(C(C)N3CCN(Cc4cnoc4C)CC3)n2)cc1. The minimum Gasteiger partial charge on any atom is -0.361 e. The van der Waals surface area contributed by atoms with E-state index in [9.17, 15) is 0 Å². The second-order valence-corrected chi connectivity index (χ2v) is 7.22. The third-order valence-electron chi connectivity index (χ3n) is 5.31. The average molecular weight is 367 g/mol. The Morgan fingerprint density at radius 3 is 2.44 bits per heavy atom. The molecule has 1 fully saturated rings. The van der Waals surface area contributed by atoms with Gasteiger partial charge in [-0.3, -0.25) is 9.80 Å².